The van der Waals surface area contributed by atoms with Crippen molar-refractivity contribution >= 4 is 0 Å². The number of hydrogen-bond acceptors (Lipinski definition) is 3. The van der Waals surface area contributed by atoms with Crippen molar-refractivity contribution in [3.8, 4) is 5.75 Å². The summed E-state index contributed by atoms with van der Waals surface area (Å²) in [5.74, 6) is 0.353. The van der Waals surface area contributed by atoms with Gasteiger partial charge in [-0.1, -0.05) is 19.1 Å². The van der Waals surface area contributed by atoms with Crippen LogP contribution in [0.4, 0.5) is 0 Å². The van der Waals surface area contributed by atoms with Crippen molar-refractivity contribution < 1.29 is 5.11 Å². The minimum absolute atomic E-state index is 0.353. The van der Waals surface area contributed by atoms with Crippen molar-refractivity contribution in [1.82, 2.24) is 10.2 Å². The van der Waals surface area contributed by atoms with Gasteiger partial charge in [0.1, 0.15) is 5.75 Å². The van der Waals surface area contributed by atoms with Crippen LogP contribution >= 0.6 is 0 Å². The molecule has 19 heavy (non-hydrogen) atoms. The summed E-state index contributed by atoms with van der Waals surface area (Å²) in [6.45, 7) is 4.36. The molecular weight excluding hydrogens is 236 g/mol. The molecule has 2 unspecified atom stereocenters. The number of benzene rings is 1. The van der Waals surface area contributed by atoms with E-state index in [-0.39, 0.29) is 0 Å². The number of phenolic OH excluding ortho intramolecular Hbond substituents is 1. The Kier molecular flexibility index (Phi) is 3.76. The van der Waals surface area contributed by atoms with Crippen LogP contribution in [0.2, 0.25) is 0 Å². The van der Waals surface area contributed by atoms with Crippen LogP contribution in [-0.4, -0.2) is 34.7 Å². The fraction of sp³-hybridized carbons (Fsp3) is 0.625. The van der Waals surface area contributed by atoms with Crippen LogP contribution < -0.4 is 5.32 Å². The van der Waals surface area contributed by atoms with Gasteiger partial charge in [-0.25, -0.2) is 0 Å². The number of hydrogen-bond donors (Lipinski definition) is 2. The molecule has 3 heteroatoms. The highest BCUT2D eigenvalue weighted by Crippen LogP contribution is 2.30. The van der Waals surface area contributed by atoms with E-state index in [0.717, 1.165) is 31.2 Å². The lowest BCUT2D eigenvalue weighted by molar-refractivity contribution is 0.140. The second-order valence-electron chi connectivity index (χ2n) is 5.99. The van der Waals surface area contributed by atoms with Crippen molar-refractivity contribution in [2.24, 2.45) is 0 Å². The van der Waals surface area contributed by atoms with Gasteiger partial charge in [-0.05, 0) is 49.9 Å². The zero-order chi connectivity index (χ0) is 13.2. The molecule has 2 heterocycles. The maximum atomic E-state index is 9.35. The molecule has 0 radical (unpaired) electrons. The molecule has 0 spiro atoms. The van der Waals surface area contributed by atoms with Crippen LogP contribution in [0.1, 0.15) is 38.2 Å². The lowest BCUT2D eigenvalue weighted by Gasteiger charge is -2.37. The average molecular weight is 260 g/mol. The van der Waals surface area contributed by atoms with Gasteiger partial charge < -0.3 is 10.4 Å². The average Bonchev–Trinajstić information content (AvgIpc) is 2.77. The van der Waals surface area contributed by atoms with Crippen LogP contribution in [-0.2, 0) is 6.54 Å². The molecule has 2 fully saturated rings. The molecule has 2 aliphatic rings. The monoisotopic (exact) mass is 260 g/mol. The summed E-state index contributed by atoms with van der Waals surface area (Å²) in [6, 6.07) is 9.86. The number of phenols is 1. The standard InChI is InChI=1S/C16H24N2O/c1-2-18(11-12-3-7-16(19)8-4-12)15-9-13-5-6-14(10-15)17-13/h3-4,7-8,13-15,17,19H,2,5-6,9-11H2,1H3. The predicted molar refractivity (Wildman–Crippen MR) is 77.2 cm³/mol. The van der Waals surface area contributed by atoms with Crippen molar-refractivity contribution in [2.75, 3.05) is 6.54 Å². The molecule has 0 aromatic heterocycles. The van der Waals surface area contributed by atoms with Crippen molar-refractivity contribution in [3.05, 3.63) is 29.8 Å². The van der Waals surface area contributed by atoms with Crippen LogP contribution in [0, 0.1) is 0 Å². The molecule has 2 bridgehead atoms. The smallest absolute Gasteiger partial charge is 0.115 e. The number of nitrogens with one attached hydrogen (secondary N) is 1. The van der Waals surface area contributed by atoms with Gasteiger partial charge in [-0.3, -0.25) is 4.90 Å². The molecule has 3 rings (SSSR count). The highest BCUT2D eigenvalue weighted by atomic mass is 16.3. The molecule has 2 aliphatic heterocycles. The lowest BCUT2D eigenvalue weighted by Crippen LogP contribution is -2.47. The maximum Gasteiger partial charge on any atom is 0.115 e. The SMILES string of the molecule is CCN(Cc1ccc(O)cc1)C1CC2CCC(C1)N2. The van der Waals surface area contributed by atoms with E-state index in [1.807, 2.05) is 12.1 Å². The topological polar surface area (TPSA) is 35.5 Å². The molecule has 0 saturated carbocycles. The Morgan fingerprint density at radius 1 is 1.16 bits per heavy atom. The quantitative estimate of drug-likeness (QED) is 0.873. The third-order valence-corrected chi connectivity index (χ3v) is 4.69. The van der Waals surface area contributed by atoms with Gasteiger partial charge in [0.05, 0.1) is 0 Å². The summed E-state index contributed by atoms with van der Waals surface area (Å²) in [5, 5.41) is 13.1. The molecular formula is C16H24N2O. The van der Waals surface area contributed by atoms with Gasteiger partial charge in [-0.2, -0.15) is 0 Å². The van der Waals surface area contributed by atoms with E-state index in [0.29, 0.717) is 5.75 Å². The van der Waals surface area contributed by atoms with Crippen molar-refractivity contribution in [1.29, 1.82) is 0 Å². The van der Waals surface area contributed by atoms with Crippen molar-refractivity contribution in [3.63, 3.8) is 0 Å². The summed E-state index contributed by atoms with van der Waals surface area (Å²) in [6.07, 6.45) is 5.31. The van der Waals surface area contributed by atoms with Gasteiger partial charge in [0.2, 0.25) is 0 Å². The first-order valence-corrected chi connectivity index (χ1v) is 7.52. The molecule has 104 valence electrons. The van der Waals surface area contributed by atoms with Crippen LogP contribution in [0.3, 0.4) is 0 Å². The molecule has 3 nitrogen and oxygen atoms in total. The molecule has 1 aromatic rings. The van der Waals surface area contributed by atoms with Gasteiger partial charge in [-0.15, -0.1) is 0 Å². The summed E-state index contributed by atoms with van der Waals surface area (Å²) in [7, 11) is 0. The fourth-order valence-corrected chi connectivity index (χ4v) is 3.66. The second-order valence-corrected chi connectivity index (χ2v) is 5.99. The van der Waals surface area contributed by atoms with Crippen LogP contribution in [0.15, 0.2) is 24.3 Å². The predicted octanol–water partition coefficient (Wildman–Crippen LogP) is 2.50. The molecule has 2 atom stereocenters. The molecule has 2 N–H and O–H groups in total. The second kappa shape index (κ2) is 5.51. The van der Waals surface area contributed by atoms with E-state index >= 15 is 0 Å². The van der Waals surface area contributed by atoms with E-state index in [9.17, 15) is 5.11 Å². The largest absolute Gasteiger partial charge is 0.508 e. The van der Waals surface area contributed by atoms with Gasteiger partial charge in [0.25, 0.3) is 0 Å². The van der Waals surface area contributed by atoms with Gasteiger partial charge in [0, 0.05) is 24.7 Å². The van der Waals surface area contributed by atoms with E-state index in [4.69, 9.17) is 0 Å². The van der Waals surface area contributed by atoms with Gasteiger partial charge in [0.15, 0.2) is 0 Å². The lowest BCUT2D eigenvalue weighted by atomic mass is 9.97. The summed E-state index contributed by atoms with van der Waals surface area (Å²) >= 11 is 0. The third-order valence-electron chi connectivity index (χ3n) is 4.69. The summed E-state index contributed by atoms with van der Waals surface area (Å²) < 4.78 is 0. The van der Waals surface area contributed by atoms with E-state index in [1.165, 1.54) is 31.2 Å². The summed E-state index contributed by atoms with van der Waals surface area (Å²) in [5.41, 5.74) is 1.30. The molecule has 2 saturated heterocycles. The maximum absolute atomic E-state index is 9.35. The van der Waals surface area contributed by atoms with Crippen LogP contribution in [0.5, 0.6) is 5.75 Å². The first-order valence-electron chi connectivity index (χ1n) is 7.52. The minimum atomic E-state index is 0.353. The molecule has 1 aromatic carbocycles. The number of piperidine rings is 1. The Bertz CT molecular complexity index is 405. The van der Waals surface area contributed by atoms with E-state index in [2.05, 4.69) is 17.1 Å². The van der Waals surface area contributed by atoms with E-state index in [1.54, 1.807) is 12.1 Å². The number of fused-ring (bicyclic) bond motifs is 2. The van der Waals surface area contributed by atoms with Gasteiger partial charge >= 0.3 is 0 Å². The zero-order valence-corrected chi connectivity index (χ0v) is 11.7. The number of aromatic hydroxyl groups is 1. The highest BCUT2D eigenvalue weighted by molar-refractivity contribution is 5.25. The van der Waals surface area contributed by atoms with Crippen molar-refractivity contribution in [2.45, 2.75) is 57.3 Å². The Morgan fingerprint density at radius 2 is 1.79 bits per heavy atom. The van der Waals surface area contributed by atoms with E-state index < -0.39 is 0 Å². The molecule has 0 aliphatic carbocycles. The van der Waals surface area contributed by atoms with Crippen LogP contribution in [0.25, 0.3) is 0 Å². The summed E-state index contributed by atoms with van der Waals surface area (Å²) in [4.78, 5) is 2.60. The first-order chi connectivity index (χ1) is 9.24. The Morgan fingerprint density at radius 3 is 2.37 bits per heavy atom. The number of nitrogens with zero attached hydrogens (tertiary/aromatic N) is 1. The normalized spacial score (nSPS) is 29.9. The Labute approximate surface area is 115 Å². The first kappa shape index (κ1) is 12.9. The Hall–Kier alpha value is -1.06. The highest BCUT2D eigenvalue weighted by Gasteiger charge is 2.35. The minimum Gasteiger partial charge on any atom is -0.508 e. The third kappa shape index (κ3) is 2.93. The number of rotatable bonds is 4. The Balaban J connectivity index is 1.65. The zero-order valence-electron chi connectivity index (χ0n) is 11.7. The fourth-order valence-electron chi connectivity index (χ4n) is 3.66. The molecule has 0 amide bonds.